The molecule has 0 N–H and O–H groups in total. The Kier molecular flexibility index (Phi) is 3.36. The zero-order valence-electron chi connectivity index (χ0n) is 11.3. The van der Waals surface area contributed by atoms with Crippen molar-refractivity contribution in [2.75, 3.05) is 6.61 Å². The maximum atomic E-state index is 12.0. The molecule has 0 aliphatic carbocycles. The summed E-state index contributed by atoms with van der Waals surface area (Å²) in [6.45, 7) is 8.24. The van der Waals surface area contributed by atoms with E-state index in [1.165, 1.54) is 0 Å². The molecular weight excluding hydrogens is 228 g/mol. The second-order valence-corrected chi connectivity index (χ2v) is 4.36. The van der Waals surface area contributed by atoms with Gasteiger partial charge in [0.25, 0.3) is 0 Å². The van der Waals surface area contributed by atoms with E-state index in [1.807, 2.05) is 40.0 Å². The zero-order chi connectivity index (χ0) is 13.3. The van der Waals surface area contributed by atoms with Crippen LogP contribution in [0.3, 0.4) is 0 Å². The van der Waals surface area contributed by atoms with Gasteiger partial charge in [0.15, 0.2) is 0 Å². The molecule has 0 aromatic carbocycles. The number of pyridine rings is 1. The number of fused-ring (bicyclic) bond motifs is 1. The molecule has 0 saturated heterocycles. The Hall–Kier alpha value is -1.84. The Morgan fingerprint density at radius 1 is 1.33 bits per heavy atom. The van der Waals surface area contributed by atoms with Crippen molar-refractivity contribution < 1.29 is 9.53 Å². The number of aryl methyl sites for hydroxylation is 3. The van der Waals surface area contributed by atoms with Crippen molar-refractivity contribution in [3.8, 4) is 0 Å². The first-order chi connectivity index (χ1) is 8.58. The third kappa shape index (κ3) is 1.98. The molecule has 0 saturated carbocycles. The summed E-state index contributed by atoms with van der Waals surface area (Å²) in [6, 6.07) is 1.99. The predicted molar refractivity (Wildman–Crippen MR) is 70.0 cm³/mol. The molecule has 0 fully saturated rings. The molecule has 0 bridgehead atoms. The fourth-order valence-electron chi connectivity index (χ4n) is 2.01. The third-order valence-electron chi connectivity index (χ3n) is 3.13. The second-order valence-electron chi connectivity index (χ2n) is 4.36. The first-order valence-corrected chi connectivity index (χ1v) is 6.24. The fraction of sp³-hybridized carbons (Fsp3) is 0.429. The first-order valence-electron chi connectivity index (χ1n) is 6.24. The number of nitrogens with zero attached hydrogens (tertiary/aromatic N) is 2. The quantitative estimate of drug-likeness (QED) is 0.782. The molecule has 2 aromatic heterocycles. The monoisotopic (exact) mass is 246 g/mol. The highest BCUT2D eigenvalue weighted by atomic mass is 16.5. The lowest BCUT2D eigenvalue weighted by atomic mass is 10.1. The Morgan fingerprint density at radius 3 is 2.67 bits per heavy atom. The van der Waals surface area contributed by atoms with Crippen molar-refractivity contribution in [1.29, 1.82) is 0 Å². The number of carbonyl (C=O) groups excluding carboxylic acids is 1. The maximum Gasteiger partial charge on any atom is 0.342 e. The van der Waals surface area contributed by atoms with Crippen LogP contribution >= 0.6 is 0 Å². The molecule has 96 valence electrons. The van der Waals surface area contributed by atoms with Gasteiger partial charge in [0.2, 0.25) is 0 Å². The van der Waals surface area contributed by atoms with Crippen LogP contribution in [0.15, 0.2) is 12.3 Å². The van der Waals surface area contributed by atoms with E-state index in [-0.39, 0.29) is 5.97 Å². The summed E-state index contributed by atoms with van der Waals surface area (Å²) in [4.78, 5) is 12.0. The van der Waals surface area contributed by atoms with Crippen LogP contribution in [0.5, 0.6) is 0 Å². The minimum Gasteiger partial charge on any atom is -0.462 e. The van der Waals surface area contributed by atoms with Crippen LogP contribution < -0.4 is 0 Å². The molecule has 2 heterocycles. The number of ether oxygens (including phenoxy) is 1. The van der Waals surface area contributed by atoms with Crippen LogP contribution in [0.25, 0.3) is 5.52 Å². The molecule has 4 nitrogen and oxygen atoms in total. The average Bonchev–Trinajstić information content (AvgIpc) is 2.68. The van der Waals surface area contributed by atoms with Gasteiger partial charge in [0.1, 0.15) is 5.56 Å². The van der Waals surface area contributed by atoms with Crippen molar-refractivity contribution in [1.82, 2.24) is 9.61 Å². The number of carbonyl (C=O) groups is 1. The molecule has 0 amide bonds. The van der Waals surface area contributed by atoms with Gasteiger partial charge < -0.3 is 4.74 Å². The lowest BCUT2D eigenvalue weighted by Crippen LogP contribution is -2.06. The highest BCUT2D eigenvalue weighted by Gasteiger charge is 2.20. The standard InChI is InChI=1S/C14H18N2O2/c1-5-11-13(14(17)18-6-2)12-7-9(3)10(4)8-16(12)15-11/h7-8H,5-6H2,1-4H3. The van der Waals surface area contributed by atoms with Gasteiger partial charge in [-0.1, -0.05) is 6.92 Å². The SMILES string of the molecule is CCOC(=O)c1c(CC)nn2cc(C)c(C)cc12. The van der Waals surface area contributed by atoms with E-state index in [9.17, 15) is 4.79 Å². The van der Waals surface area contributed by atoms with Crippen LogP contribution in [-0.2, 0) is 11.2 Å². The van der Waals surface area contributed by atoms with Crippen LogP contribution in [0.1, 0.15) is 41.0 Å². The molecule has 0 spiro atoms. The van der Waals surface area contributed by atoms with Crippen LogP contribution in [0, 0.1) is 13.8 Å². The largest absolute Gasteiger partial charge is 0.462 e. The van der Waals surface area contributed by atoms with Crippen molar-refractivity contribution in [3.05, 3.63) is 34.6 Å². The average molecular weight is 246 g/mol. The summed E-state index contributed by atoms with van der Waals surface area (Å²) < 4.78 is 6.89. The summed E-state index contributed by atoms with van der Waals surface area (Å²) in [5, 5.41) is 4.45. The van der Waals surface area contributed by atoms with Crippen molar-refractivity contribution >= 4 is 11.5 Å². The van der Waals surface area contributed by atoms with Crippen molar-refractivity contribution in [3.63, 3.8) is 0 Å². The number of hydrogen-bond acceptors (Lipinski definition) is 3. The Bertz CT molecular complexity index is 599. The highest BCUT2D eigenvalue weighted by Crippen LogP contribution is 2.20. The topological polar surface area (TPSA) is 43.6 Å². The van der Waals surface area contributed by atoms with Gasteiger partial charge in [0, 0.05) is 6.20 Å². The van der Waals surface area contributed by atoms with Crippen LogP contribution in [0.2, 0.25) is 0 Å². The Morgan fingerprint density at radius 2 is 2.06 bits per heavy atom. The van der Waals surface area contributed by atoms with Gasteiger partial charge in [-0.25, -0.2) is 9.31 Å². The van der Waals surface area contributed by atoms with Crippen LogP contribution in [0.4, 0.5) is 0 Å². The highest BCUT2D eigenvalue weighted by molar-refractivity contribution is 5.98. The third-order valence-corrected chi connectivity index (χ3v) is 3.13. The minimum absolute atomic E-state index is 0.285. The lowest BCUT2D eigenvalue weighted by molar-refractivity contribution is 0.0527. The first kappa shape index (κ1) is 12.6. The summed E-state index contributed by atoms with van der Waals surface area (Å²) in [6.07, 6.45) is 2.67. The van der Waals surface area contributed by atoms with E-state index in [0.717, 1.165) is 22.3 Å². The molecule has 18 heavy (non-hydrogen) atoms. The molecule has 0 radical (unpaired) electrons. The normalized spacial score (nSPS) is 10.9. The van der Waals surface area contributed by atoms with Gasteiger partial charge in [-0.05, 0) is 44.4 Å². The number of rotatable bonds is 3. The van der Waals surface area contributed by atoms with E-state index in [4.69, 9.17) is 4.74 Å². The van der Waals surface area contributed by atoms with Gasteiger partial charge in [-0.2, -0.15) is 5.10 Å². The summed E-state index contributed by atoms with van der Waals surface area (Å²) in [7, 11) is 0. The molecular formula is C14H18N2O2. The molecule has 0 aliphatic rings. The van der Waals surface area contributed by atoms with E-state index >= 15 is 0 Å². The summed E-state index contributed by atoms with van der Waals surface area (Å²) >= 11 is 0. The Balaban J connectivity index is 2.68. The lowest BCUT2D eigenvalue weighted by Gasteiger charge is -2.03. The fourth-order valence-corrected chi connectivity index (χ4v) is 2.01. The van der Waals surface area contributed by atoms with Crippen molar-refractivity contribution in [2.24, 2.45) is 0 Å². The molecule has 0 unspecified atom stereocenters. The second kappa shape index (κ2) is 4.80. The van der Waals surface area contributed by atoms with Gasteiger partial charge in [-0.3, -0.25) is 0 Å². The number of aromatic nitrogens is 2. The van der Waals surface area contributed by atoms with E-state index < -0.39 is 0 Å². The van der Waals surface area contributed by atoms with E-state index in [2.05, 4.69) is 5.10 Å². The van der Waals surface area contributed by atoms with Crippen molar-refractivity contribution in [2.45, 2.75) is 34.1 Å². The van der Waals surface area contributed by atoms with E-state index in [0.29, 0.717) is 18.6 Å². The number of hydrogen-bond donors (Lipinski definition) is 0. The Labute approximate surface area is 107 Å². The van der Waals surface area contributed by atoms with Gasteiger partial charge in [0.05, 0.1) is 17.8 Å². The maximum absolute atomic E-state index is 12.0. The zero-order valence-corrected chi connectivity index (χ0v) is 11.3. The molecule has 2 rings (SSSR count). The summed E-state index contributed by atoms with van der Waals surface area (Å²) in [5.41, 5.74) is 4.52. The van der Waals surface area contributed by atoms with Gasteiger partial charge >= 0.3 is 5.97 Å². The molecule has 0 atom stereocenters. The van der Waals surface area contributed by atoms with Crippen LogP contribution in [-0.4, -0.2) is 22.2 Å². The summed E-state index contributed by atoms with van der Waals surface area (Å²) in [5.74, 6) is -0.285. The minimum atomic E-state index is -0.285. The van der Waals surface area contributed by atoms with E-state index in [1.54, 1.807) is 4.52 Å². The number of esters is 1. The molecule has 0 aliphatic heterocycles. The van der Waals surface area contributed by atoms with Gasteiger partial charge in [-0.15, -0.1) is 0 Å². The predicted octanol–water partition coefficient (Wildman–Crippen LogP) is 2.69. The molecule has 2 aromatic rings. The smallest absolute Gasteiger partial charge is 0.342 e. The molecule has 4 heteroatoms.